The van der Waals surface area contributed by atoms with Gasteiger partial charge in [0.1, 0.15) is 11.5 Å². The molecule has 0 spiro atoms. The SMILES string of the molecule is CC(=C(C)c1ccc(O)c(CN2CCCC2)c1)c1ccc(O)c(CN2CCCC2)c1. The quantitative estimate of drug-likeness (QED) is 0.644. The average Bonchev–Trinajstić information content (AvgIpc) is 3.44. The van der Waals surface area contributed by atoms with E-state index in [9.17, 15) is 10.2 Å². The minimum Gasteiger partial charge on any atom is -0.508 e. The number of hydrogen-bond acceptors (Lipinski definition) is 4. The lowest BCUT2D eigenvalue weighted by atomic mass is 9.94. The van der Waals surface area contributed by atoms with E-state index in [0.717, 1.165) is 61.5 Å². The highest BCUT2D eigenvalue weighted by Crippen LogP contribution is 2.32. The molecular weight excluding hydrogens is 372 g/mol. The van der Waals surface area contributed by atoms with E-state index in [2.05, 4.69) is 35.8 Å². The Labute approximate surface area is 180 Å². The van der Waals surface area contributed by atoms with Gasteiger partial charge < -0.3 is 10.2 Å². The molecule has 4 nitrogen and oxygen atoms in total. The summed E-state index contributed by atoms with van der Waals surface area (Å²) in [4.78, 5) is 4.82. The molecule has 0 aromatic heterocycles. The summed E-state index contributed by atoms with van der Waals surface area (Å²) in [6, 6.07) is 11.9. The van der Waals surface area contributed by atoms with Crippen LogP contribution in [0.3, 0.4) is 0 Å². The normalized spacial score (nSPS) is 18.7. The summed E-state index contributed by atoms with van der Waals surface area (Å²) in [6.07, 6.45) is 5.00. The molecule has 0 aliphatic carbocycles. The van der Waals surface area contributed by atoms with E-state index in [-0.39, 0.29) is 0 Å². The predicted octanol–water partition coefficient (Wildman–Crippen LogP) is 5.24. The van der Waals surface area contributed by atoms with Crippen LogP contribution >= 0.6 is 0 Å². The molecule has 2 aliphatic heterocycles. The van der Waals surface area contributed by atoms with Crippen LogP contribution in [0.4, 0.5) is 0 Å². The number of benzene rings is 2. The highest BCUT2D eigenvalue weighted by Gasteiger charge is 2.16. The second-order valence-corrected chi connectivity index (χ2v) is 8.90. The van der Waals surface area contributed by atoms with Crippen LogP contribution in [0.25, 0.3) is 11.1 Å². The molecule has 0 saturated carbocycles. The van der Waals surface area contributed by atoms with Crippen LogP contribution in [0.5, 0.6) is 11.5 Å². The Morgan fingerprint density at radius 3 is 1.40 bits per heavy atom. The topological polar surface area (TPSA) is 46.9 Å². The van der Waals surface area contributed by atoms with Crippen molar-refractivity contribution in [3.63, 3.8) is 0 Å². The first-order valence-electron chi connectivity index (χ1n) is 11.3. The fourth-order valence-electron chi connectivity index (χ4n) is 4.69. The maximum atomic E-state index is 10.4. The van der Waals surface area contributed by atoms with Crippen LogP contribution in [-0.2, 0) is 13.1 Å². The minimum atomic E-state index is 0.383. The Morgan fingerprint density at radius 1 is 0.667 bits per heavy atom. The molecule has 30 heavy (non-hydrogen) atoms. The molecule has 2 heterocycles. The third-order valence-corrected chi connectivity index (χ3v) is 6.77. The predicted molar refractivity (Wildman–Crippen MR) is 123 cm³/mol. The summed E-state index contributed by atoms with van der Waals surface area (Å²) in [5, 5.41) is 20.7. The number of aromatic hydroxyl groups is 2. The lowest BCUT2D eigenvalue weighted by Crippen LogP contribution is -2.18. The maximum Gasteiger partial charge on any atom is 0.120 e. The zero-order chi connectivity index (χ0) is 21.1. The first-order chi connectivity index (χ1) is 14.5. The lowest BCUT2D eigenvalue weighted by molar-refractivity contribution is 0.324. The molecule has 2 N–H and O–H groups in total. The Morgan fingerprint density at radius 2 is 1.03 bits per heavy atom. The number of nitrogens with zero attached hydrogens (tertiary/aromatic N) is 2. The van der Waals surface area contributed by atoms with Gasteiger partial charge in [-0.3, -0.25) is 9.80 Å². The molecule has 2 aliphatic rings. The molecule has 2 fully saturated rings. The molecule has 4 rings (SSSR count). The van der Waals surface area contributed by atoms with Crippen LogP contribution in [0.2, 0.25) is 0 Å². The van der Waals surface area contributed by atoms with Gasteiger partial charge in [0.05, 0.1) is 0 Å². The molecule has 0 bridgehead atoms. The highest BCUT2D eigenvalue weighted by molar-refractivity contribution is 5.89. The van der Waals surface area contributed by atoms with Crippen molar-refractivity contribution in [2.45, 2.75) is 52.6 Å². The van der Waals surface area contributed by atoms with E-state index in [4.69, 9.17) is 0 Å². The van der Waals surface area contributed by atoms with Crippen LogP contribution < -0.4 is 0 Å². The number of likely N-dealkylation sites (tertiary alicyclic amines) is 2. The molecule has 2 aromatic rings. The van der Waals surface area contributed by atoms with Gasteiger partial charge in [-0.2, -0.15) is 0 Å². The molecular formula is C26H34N2O2. The standard InChI is InChI=1S/C26H34N2O2/c1-19(21-7-9-25(29)23(15-21)17-27-11-3-4-12-27)20(2)22-8-10-26(30)24(16-22)18-28-13-5-6-14-28/h7-10,15-16,29-30H,3-6,11-14,17-18H2,1-2H3. The fraction of sp³-hybridized carbons (Fsp3) is 0.462. The molecule has 0 amide bonds. The van der Waals surface area contributed by atoms with E-state index in [1.165, 1.54) is 36.8 Å². The minimum absolute atomic E-state index is 0.383. The zero-order valence-electron chi connectivity index (χ0n) is 18.3. The first kappa shape index (κ1) is 21.0. The van der Waals surface area contributed by atoms with Gasteiger partial charge in [-0.1, -0.05) is 12.1 Å². The number of phenolic OH excluding ortho intramolecular Hbond substituents is 2. The molecule has 160 valence electrons. The monoisotopic (exact) mass is 406 g/mol. The van der Waals surface area contributed by atoms with Crippen LogP contribution in [0.1, 0.15) is 61.8 Å². The third-order valence-electron chi connectivity index (χ3n) is 6.77. The van der Waals surface area contributed by atoms with Crippen molar-refractivity contribution in [1.29, 1.82) is 0 Å². The molecule has 0 unspecified atom stereocenters. The van der Waals surface area contributed by atoms with Crippen molar-refractivity contribution in [1.82, 2.24) is 9.80 Å². The Kier molecular flexibility index (Phi) is 6.45. The lowest BCUT2D eigenvalue weighted by Gasteiger charge is -2.18. The van der Waals surface area contributed by atoms with E-state index in [0.29, 0.717) is 11.5 Å². The van der Waals surface area contributed by atoms with Crippen LogP contribution in [0.15, 0.2) is 36.4 Å². The molecule has 0 atom stereocenters. The summed E-state index contributed by atoms with van der Waals surface area (Å²) >= 11 is 0. The fourth-order valence-corrected chi connectivity index (χ4v) is 4.69. The third kappa shape index (κ3) is 4.71. The van der Waals surface area contributed by atoms with Gasteiger partial charge in [0.2, 0.25) is 0 Å². The molecule has 4 heteroatoms. The first-order valence-corrected chi connectivity index (χ1v) is 11.3. The molecule has 0 radical (unpaired) electrons. The summed E-state index contributed by atoms with van der Waals surface area (Å²) in [6.45, 7) is 10.4. The highest BCUT2D eigenvalue weighted by atomic mass is 16.3. The zero-order valence-corrected chi connectivity index (χ0v) is 18.3. The summed E-state index contributed by atoms with van der Waals surface area (Å²) < 4.78 is 0. The second kappa shape index (κ2) is 9.23. The van der Waals surface area contributed by atoms with Gasteiger partial charge in [-0.05, 0) is 112 Å². The number of hydrogen-bond donors (Lipinski definition) is 2. The van der Waals surface area contributed by atoms with Gasteiger partial charge in [-0.15, -0.1) is 0 Å². The number of allylic oxidation sites excluding steroid dienone is 2. The van der Waals surface area contributed by atoms with Crippen molar-refractivity contribution >= 4 is 11.1 Å². The Bertz CT molecular complexity index is 847. The van der Waals surface area contributed by atoms with E-state index < -0.39 is 0 Å². The van der Waals surface area contributed by atoms with Crippen molar-refractivity contribution in [2.75, 3.05) is 26.2 Å². The van der Waals surface area contributed by atoms with Crippen LogP contribution in [0, 0.1) is 0 Å². The summed E-state index contributed by atoms with van der Waals surface area (Å²) in [7, 11) is 0. The largest absolute Gasteiger partial charge is 0.508 e. The van der Waals surface area contributed by atoms with Crippen molar-refractivity contribution in [2.24, 2.45) is 0 Å². The summed E-state index contributed by atoms with van der Waals surface area (Å²) in [5.41, 5.74) is 6.71. The van der Waals surface area contributed by atoms with Crippen molar-refractivity contribution in [3.05, 3.63) is 58.7 Å². The molecule has 2 saturated heterocycles. The average molecular weight is 407 g/mol. The van der Waals surface area contributed by atoms with Gasteiger partial charge in [0, 0.05) is 24.2 Å². The van der Waals surface area contributed by atoms with Gasteiger partial charge in [-0.25, -0.2) is 0 Å². The van der Waals surface area contributed by atoms with E-state index in [1.54, 1.807) is 0 Å². The van der Waals surface area contributed by atoms with Crippen LogP contribution in [-0.4, -0.2) is 46.2 Å². The van der Waals surface area contributed by atoms with E-state index in [1.807, 2.05) is 24.3 Å². The Balaban J connectivity index is 1.59. The van der Waals surface area contributed by atoms with Gasteiger partial charge in [0.25, 0.3) is 0 Å². The maximum absolute atomic E-state index is 10.4. The van der Waals surface area contributed by atoms with Gasteiger partial charge >= 0.3 is 0 Å². The molecule has 2 aromatic carbocycles. The van der Waals surface area contributed by atoms with E-state index >= 15 is 0 Å². The smallest absolute Gasteiger partial charge is 0.120 e. The van der Waals surface area contributed by atoms with Crippen molar-refractivity contribution in [3.8, 4) is 11.5 Å². The Hall–Kier alpha value is -2.30. The van der Waals surface area contributed by atoms with Gasteiger partial charge in [0.15, 0.2) is 0 Å². The second-order valence-electron chi connectivity index (χ2n) is 8.90. The van der Waals surface area contributed by atoms with Crippen molar-refractivity contribution < 1.29 is 10.2 Å². The summed E-state index contributed by atoms with van der Waals surface area (Å²) in [5.74, 6) is 0.766. The number of phenols is 2. The number of rotatable bonds is 6.